The summed E-state index contributed by atoms with van der Waals surface area (Å²) in [4.78, 5) is 17.6. The summed E-state index contributed by atoms with van der Waals surface area (Å²) in [5, 5.41) is 12.2. The minimum absolute atomic E-state index is 0.0989. The molecule has 6 heteroatoms. The van der Waals surface area contributed by atoms with Crippen molar-refractivity contribution in [2.24, 2.45) is 11.8 Å². The molecule has 0 saturated heterocycles. The van der Waals surface area contributed by atoms with Crippen molar-refractivity contribution in [2.45, 2.75) is 51.7 Å². The Bertz CT molecular complexity index is 1030. The molecule has 2 N–H and O–H groups in total. The van der Waals surface area contributed by atoms with E-state index in [2.05, 4.69) is 27.6 Å². The SMILES string of the molecule is CCn1ncc2c(N[C@@H]3C[C@H]4CC[C@@H]3C4)c(C(=O)NCc3ccccc3)cnc21. The molecule has 2 aliphatic carbocycles. The average Bonchev–Trinajstić information content (AvgIpc) is 3.48. The maximum absolute atomic E-state index is 13.1. The lowest BCUT2D eigenvalue weighted by atomic mass is 9.94. The summed E-state index contributed by atoms with van der Waals surface area (Å²) in [6.07, 6.45) is 8.70. The summed E-state index contributed by atoms with van der Waals surface area (Å²) in [5.74, 6) is 1.45. The maximum Gasteiger partial charge on any atom is 0.255 e. The fourth-order valence-corrected chi connectivity index (χ4v) is 5.07. The Morgan fingerprint density at radius 1 is 1.17 bits per heavy atom. The van der Waals surface area contributed by atoms with Crippen molar-refractivity contribution in [1.82, 2.24) is 20.1 Å². The predicted molar refractivity (Wildman–Crippen MR) is 114 cm³/mol. The first-order valence-corrected chi connectivity index (χ1v) is 10.7. The molecule has 0 aliphatic heterocycles. The Labute approximate surface area is 170 Å². The predicted octanol–water partition coefficient (Wildman–Crippen LogP) is 3.98. The quantitative estimate of drug-likeness (QED) is 0.669. The number of aryl methyl sites for hydroxylation is 1. The van der Waals surface area contributed by atoms with Gasteiger partial charge in [-0.3, -0.25) is 4.79 Å². The van der Waals surface area contributed by atoms with Crippen molar-refractivity contribution in [2.75, 3.05) is 5.32 Å². The number of nitrogens with zero attached hydrogens (tertiary/aromatic N) is 3. The van der Waals surface area contributed by atoms with E-state index in [1.165, 1.54) is 25.7 Å². The molecule has 1 amide bonds. The fourth-order valence-electron chi connectivity index (χ4n) is 5.07. The number of amides is 1. The molecule has 0 spiro atoms. The van der Waals surface area contributed by atoms with E-state index < -0.39 is 0 Å². The van der Waals surface area contributed by atoms with Gasteiger partial charge >= 0.3 is 0 Å². The van der Waals surface area contributed by atoms with Crippen LogP contribution in [-0.2, 0) is 13.1 Å². The van der Waals surface area contributed by atoms with Gasteiger partial charge in [-0.15, -0.1) is 0 Å². The minimum Gasteiger partial charge on any atom is -0.381 e. The maximum atomic E-state index is 13.1. The molecule has 3 aromatic rings. The Morgan fingerprint density at radius 3 is 2.76 bits per heavy atom. The number of aromatic nitrogens is 3. The Balaban J connectivity index is 1.46. The first kappa shape index (κ1) is 18.2. The molecule has 5 rings (SSSR count). The molecule has 0 unspecified atom stereocenters. The Hall–Kier alpha value is -2.89. The molecular formula is C23H27N5O. The number of hydrogen-bond acceptors (Lipinski definition) is 4. The highest BCUT2D eigenvalue weighted by Crippen LogP contribution is 2.46. The van der Waals surface area contributed by atoms with Gasteiger partial charge in [-0.1, -0.05) is 36.8 Å². The molecule has 2 aromatic heterocycles. The van der Waals surface area contributed by atoms with Gasteiger partial charge in [0.15, 0.2) is 5.65 Å². The standard InChI is InChI=1S/C23H27N5O/c1-2-28-22-18(14-26-28)21(27-20-11-16-8-9-17(20)10-16)19(13-24-22)23(29)25-12-15-6-4-3-5-7-15/h3-7,13-14,16-17,20H,2,8-12H2,1H3,(H,24,27)(H,25,29)/t16-,17+,20+/m0/s1. The van der Waals surface area contributed by atoms with Gasteiger partial charge in [0, 0.05) is 25.3 Å². The first-order chi connectivity index (χ1) is 14.2. The Kier molecular flexibility index (Phi) is 4.70. The van der Waals surface area contributed by atoms with E-state index in [4.69, 9.17) is 0 Å². The van der Waals surface area contributed by atoms with E-state index in [1.54, 1.807) is 6.20 Å². The smallest absolute Gasteiger partial charge is 0.255 e. The van der Waals surface area contributed by atoms with Crippen LogP contribution in [0.3, 0.4) is 0 Å². The van der Waals surface area contributed by atoms with Crippen LogP contribution in [0.25, 0.3) is 11.0 Å². The molecule has 2 heterocycles. The molecule has 1 aromatic carbocycles. The monoisotopic (exact) mass is 389 g/mol. The zero-order chi connectivity index (χ0) is 19.8. The second kappa shape index (κ2) is 7.50. The van der Waals surface area contributed by atoms with Gasteiger partial charge < -0.3 is 10.6 Å². The van der Waals surface area contributed by atoms with Gasteiger partial charge in [0.2, 0.25) is 0 Å². The summed E-state index contributed by atoms with van der Waals surface area (Å²) >= 11 is 0. The van der Waals surface area contributed by atoms with Gasteiger partial charge in [0.25, 0.3) is 5.91 Å². The molecule has 2 saturated carbocycles. The van der Waals surface area contributed by atoms with Crippen LogP contribution in [0.4, 0.5) is 5.69 Å². The van der Waals surface area contributed by atoms with Crippen LogP contribution < -0.4 is 10.6 Å². The van der Waals surface area contributed by atoms with Gasteiger partial charge in [0.05, 0.1) is 22.8 Å². The van der Waals surface area contributed by atoms with Crippen LogP contribution in [-0.4, -0.2) is 26.7 Å². The topological polar surface area (TPSA) is 71.8 Å². The third-order valence-corrected chi connectivity index (χ3v) is 6.57. The van der Waals surface area contributed by atoms with Gasteiger partial charge in [0.1, 0.15) is 0 Å². The summed E-state index contributed by atoms with van der Waals surface area (Å²) in [5.41, 5.74) is 3.40. The second-order valence-electron chi connectivity index (χ2n) is 8.34. The van der Waals surface area contributed by atoms with Crippen LogP contribution in [0.15, 0.2) is 42.7 Å². The molecule has 2 aliphatic rings. The molecular weight excluding hydrogens is 362 g/mol. The van der Waals surface area contributed by atoms with Crippen molar-refractivity contribution >= 4 is 22.6 Å². The van der Waals surface area contributed by atoms with Crippen molar-refractivity contribution in [3.8, 4) is 0 Å². The number of carbonyl (C=O) groups excluding carboxylic acids is 1. The molecule has 6 nitrogen and oxygen atoms in total. The van der Waals surface area contributed by atoms with Crippen molar-refractivity contribution in [3.63, 3.8) is 0 Å². The normalized spacial score (nSPS) is 22.9. The molecule has 150 valence electrons. The van der Waals surface area contributed by atoms with Crippen LogP contribution in [0.5, 0.6) is 0 Å². The number of rotatable bonds is 6. The van der Waals surface area contributed by atoms with Crippen molar-refractivity contribution in [1.29, 1.82) is 0 Å². The molecule has 3 atom stereocenters. The van der Waals surface area contributed by atoms with Gasteiger partial charge in [-0.05, 0) is 43.6 Å². The van der Waals surface area contributed by atoms with E-state index >= 15 is 0 Å². The van der Waals surface area contributed by atoms with Gasteiger partial charge in [-0.25, -0.2) is 9.67 Å². The van der Waals surface area contributed by atoms with Gasteiger partial charge in [-0.2, -0.15) is 5.10 Å². The van der Waals surface area contributed by atoms with Crippen LogP contribution >= 0.6 is 0 Å². The van der Waals surface area contributed by atoms with Crippen LogP contribution in [0.2, 0.25) is 0 Å². The van der Waals surface area contributed by atoms with E-state index in [0.717, 1.165) is 34.7 Å². The summed E-state index contributed by atoms with van der Waals surface area (Å²) < 4.78 is 1.88. The lowest BCUT2D eigenvalue weighted by molar-refractivity contribution is 0.0951. The first-order valence-electron chi connectivity index (χ1n) is 10.7. The summed E-state index contributed by atoms with van der Waals surface area (Å²) in [7, 11) is 0. The minimum atomic E-state index is -0.0989. The number of nitrogens with one attached hydrogen (secondary N) is 2. The van der Waals surface area contributed by atoms with Crippen LogP contribution in [0.1, 0.15) is 48.5 Å². The number of carbonyl (C=O) groups is 1. The summed E-state index contributed by atoms with van der Waals surface area (Å²) in [6.45, 7) is 3.31. The van der Waals surface area contributed by atoms with E-state index in [0.29, 0.717) is 24.1 Å². The third kappa shape index (κ3) is 3.37. The lowest BCUT2D eigenvalue weighted by Gasteiger charge is -2.25. The second-order valence-corrected chi connectivity index (χ2v) is 8.34. The average molecular weight is 390 g/mol. The highest BCUT2D eigenvalue weighted by Gasteiger charge is 2.40. The molecule has 2 fully saturated rings. The number of anilines is 1. The largest absolute Gasteiger partial charge is 0.381 e. The van der Waals surface area contributed by atoms with Crippen molar-refractivity contribution < 1.29 is 4.79 Å². The van der Waals surface area contributed by atoms with E-state index in [9.17, 15) is 4.79 Å². The lowest BCUT2D eigenvalue weighted by Crippen LogP contribution is -2.29. The molecule has 29 heavy (non-hydrogen) atoms. The Morgan fingerprint density at radius 2 is 2.03 bits per heavy atom. The fraction of sp³-hybridized carbons (Fsp3) is 0.435. The number of hydrogen-bond donors (Lipinski definition) is 2. The number of benzene rings is 1. The highest BCUT2D eigenvalue weighted by atomic mass is 16.1. The zero-order valence-corrected chi connectivity index (χ0v) is 16.8. The number of pyridine rings is 1. The number of fused-ring (bicyclic) bond motifs is 3. The molecule has 0 radical (unpaired) electrons. The zero-order valence-electron chi connectivity index (χ0n) is 16.8. The van der Waals surface area contributed by atoms with E-state index in [-0.39, 0.29) is 5.91 Å². The summed E-state index contributed by atoms with van der Waals surface area (Å²) in [6, 6.07) is 10.4. The van der Waals surface area contributed by atoms with Crippen LogP contribution in [0, 0.1) is 11.8 Å². The van der Waals surface area contributed by atoms with Crippen molar-refractivity contribution in [3.05, 3.63) is 53.9 Å². The third-order valence-electron chi connectivity index (χ3n) is 6.57. The highest BCUT2D eigenvalue weighted by molar-refractivity contribution is 6.06. The molecule has 2 bridgehead atoms. The van der Waals surface area contributed by atoms with E-state index in [1.807, 2.05) is 41.2 Å².